The first-order valence-corrected chi connectivity index (χ1v) is 8.83. The van der Waals surface area contributed by atoms with Crippen molar-refractivity contribution in [2.75, 3.05) is 10.8 Å². The van der Waals surface area contributed by atoms with Gasteiger partial charge in [0.05, 0.1) is 16.9 Å². The molecular weight excluding hydrogens is 308 g/mol. The number of carbonyl (C=O) groups is 1. The van der Waals surface area contributed by atoms with Gasteiger partial charge >= 0.3 is 0 Å². The van der Waals surface area contributed by atoms with Crippen molar-refractivity contribution in [3.8, 4) is 0 Å². The average Bonchev–Trinajstić information content (AvgIpc) is 2.83. The Balaban J connectivity index is 2.14. The summed E-state index contributed by atoms with van der Waals surface area (Å²) in [5, 5.41) is 0.702. The second-order valence-electron chi connectivity index (χ2n) is 4.82. The number of rotatable bonds is 2. The highest BCUT2D eigenvalue weighted by molar-refractivity contribution is 7.94. The van der Waals surface area contributed by atoms with Crippen LogP contribution in [0.4, 0.5) is 5.69 Å². The van der Waals surface area contributed by atoms with Crippen molar-refractivity contribution in [2.24, 2.45) is 0 Å². The van der Waals surface area contributed by atoms with E-state index in [1.807, 2.05) is 0 Å². The monoisotopic (exact) mass is 322 g/mol. The lowest BCUT2D eigenvalue weighted by molar-refractivity contribution is 0.0984. The second-order valence-corrected chi connectivity index (χ2v) is 8.14. The van der Waals surface area contributed by atoms with Gasteiger partial charge in [-0.05, 0) is 25.5 Å². The maximum Gasteiger partial charge on any atom is 0.275 e. The lowest BCUT2D eigenvalue weighted by atomic mass is 10.1. The Morgan fingerprint density at radius 2 is 2.05 bits per heavy atom. The number of ketones is 1. The zero-order valence-corrected chi connectivity index (χ0v) is 13.1. The number of thiazole rings is 1. The van der Waals surface area contributed by atoms with E-state index in [1.165, 1.54) is 10.5 Å². The summed E-state index contributed by atoms with van der Waals surface area (Å²) in [6.07, 6.45) is 2.26. The largest absolute Gasteiger partial charge is 0.294 e. The van der Waals surface area contributed by atoms with Gasteiger partial charge in [-0.15, -0.1) is 11.3 Å². The summed E-state index contributed by atoms with van der Waals surface area (Å²) in [5.41, 5.74) is 0.936. The quantitative estimate of drug-likeness (QED) is 0.852. The fourth-order valence-electron chi connectivity index (χ4n) is 2.38. The topological polar surface area (TPSA) is 67.3 Å². The zero-order valence-electron chi connectivity index (χ0n) is 11.4. The molecule has 0 saturated heterocycles. The smallest absolute Gasteiger partial charge is 0.275 e. The van der Waals surface area contributed by atoms with Gasteiger partial charge in [-0.25, -0.2) is 13.4 Å². The number of sulfonamides is 1. The molecule has 0 bridgehead atoms. The van der Waals surface area contributed by atoms with Crippen LogP contribution in [-0.2, 0) is 10.0 Å². The van der Waals surface area contributed by atoms with Crippen molar-refractivity contribution in [3.63, 3.8) is 0 Å². The minimum absolute atomic E-state index is 0.0104. The highest BCUT2D eigenvalue weighted by Crippen LogP contribution is 2.32. The van der Waals surface area contributed by atoms with E-state index in [4.69, 9.17) is 0 Å². The van der Waals surface area contributed by atoms with Gasteiger partial charge in [0, 0.05) is 18.5 Å². The molecule has 3 rings (SSSR count). The van der Waals surface area contributed by atoms with Crippen molar-refractivity contribution in [2.45, 2.75) is 24.0 Å². The van der Waals surface area contributed by atoms with Gasteiger partial charge in [0.2, 0.25) is 0 Å². The Labute approximate surface area is 127 Å². The Morgan fingerprint density at radius 3 is 2.76 bits per heavy atom. The van der Waals surface area contributed by atoms with Crippen molar-refractivity contribution in [1.82, 2.24) is 4.98 Å². The molecule has 7 heteroatoms. The van der Waals surface area contributed by atoms with Crippen LogP contribution in [0.1, 0.15) is 28.2 Å². The van der Waals surface area contributed by atoms with E-state index in [0.29, 0.717) is 35.6 Å². The summed E-state index contributed by atoms with van der Waals surface area (Å²) in [6, 6.07) is 6.87. The maximum absolute atomic E-state index is 12.8. The van der Waals surface area contributed by atoms with Crippen LogP contribution < -0.4 is 4.31 Å². The third-order valence-electron chi connectivity index (χ3n) is 3.38. The lowest BCUT2D eigenvalue weighted by Crippen LogP contribution is -2.31. The third kappa shape index (κ3) is 2.47. The first-order chi connectivity index (χ1) is 10.00. The molecule has 0 spiro atoms. The number of para-hydroxylation sites is 1. The van der Waals surface area contributed by atoms with E-state index in [0.717, 1.165) is 11.3 Å². The van der Waals surface area contributed by atoms with Crippen LogP contribution in [0.3, 0.4) is 0 Å². The van der Waals surface area contributed by atoms with Crippen LogP contribution in [-0.4, -0.2) is 25.7 Å². The molecule has 0 saturated carbocycles. The van der Waals surface area contributed by atoms with Gasteiger partial charge in [-0.1, -0.05) is 12.1 Å². The molecule has 0 atom stereocenters. The lowest BCUT2D eigenvalue weighted by Gasteiger charge is -2.23. The van der Waals surface area contributed by atoms with Crippen molar-refractivity contribution in [3.05, 3.63) is 41.0 Å². The molecule has 2 aromatic rings. The Bertz CT molecular complexity index is 796. The zero-order chi connectivity index (χ0) is 15.0. The van der Waals surface area contributed by atoms with Crippen LogP contribution in [0.5, 0.6) is 0 Å². The normalized spacial score (nSPS) is 15.7. The molecule has 0 aliphatic carbocycles. The van der Waals surface area contributed by atoms with E-state index in [2.05, 4.69) is 4.98 Å². The molecule has 0 amide bonds. The standard InChI is InChI=1S/C14H14N2O3S2/c1-10-15-9-14(20-10)21(18,19)16-8-4-7-13(17)11-5-2-3-6-12(11)16/h2-3,5-6,9H,4,7-8H2,1H3. The number of anilines is 1. The van der Waals surface area contributed by atoms with E-state index >= 15 is 0 Å². The third-order valence-corrected chi connectivity index (χ3v) is 6.55. The summed E-state index contributed by atoms with van der Waals surface area (Å²) in [4.78, 5) is 16.1. The highest BCUT2D eigenvalue weighted by Gasteiger charge is 2.31. The van der Waals surface area contributed by atoms with Crippen molar-refractivity contribution in [1.29, 1.82) is 0 Å². The number of carbonyl (C=O) groups excluding carboxylic acids is 1. The van der Waals surface area contributed by atoms with Crippen LogP contribution in [0.25, 0.3) is 0 Å². The molecule has 2 heterocycles. The molecule has 1 aliphatic rings. The Morgan fingerprint density at radius 1 is 1.29 bits per heavy atom. The first kappa shape index (κ1) is 14.2. The summed E-state index contributed by atoms with van der Waals surface area (Å²) in [7, 11) is -3.66. The average molecular weight is 322 g/mol. The van der Waals surface area contributed by atoms with Gasteiger partial charge in [-0.2, -0.15) is 0 Å². The maximum atomic E-state index is 12.8. The first-order valence-electron chi connectivity index (χ1n) is 6.57. The SMILES string of the molecule is Cc1ncc(S(=O)(=O)N2CCCC(=O)c3ccccc32)s1. The number of aromatic nitrogens is 1. The second kappa shape index (κ2) is 5.23. The number of hydrogen-bond donors (Lipinski definition) is 0. The van der Waals surface area contributed by atoms with Gasteiger partial charge in [0.15, 0.2) is 9.99 Å². The van der Waals surface area contributed by atoms with Gasteiger partial charge in [0.25, 0.3) is 10.0 Å². The fraction of sp³-hybridized carbons (Fsp3) is 0.286. The van der Waals surface area contributed by atoms with Crippen molar-refractivity contribution >= 4 is 32.8 Å². The van der Waals surface area contributed by atoms with E-state index < -0.39 is 10.0 Å². The molecular formula is C14H14N2O3S2. The number of aryl methyl sites for hydroxylation is 1. The molecule has 0 unspecified atom stereocenters. The highest BCUT2D eigenvalue weighted by atomic mass is 32.2. The van der Waals surface area contributed by atoms with Crippen LogP contribution in [0, 0.1) is 6.92 Å². The summed E-state index contributed by atoms with van der Waals surface area (Å²) < 4.78 is 27.2. The minimum Gasteiger partial charge on any atom is -0.294 e. The predicted octanol–water partition coefficient (Wildman–Crippen LogP) is 2.62. The molecule has 21 heavy (non-hydrogen) atoms. The summed E-state index contributed by atoms with van der Waals surface area (Å²) in [6.45, 7) is 2.08. The Hall–Kier alpha value is -1.73. The van der Waals surface area contributed by atoms with E-state index in [-0.39, 0.29) is 9.99 Å². The number of benzene rings is 1. The van der Waals surface area contributed by atoms with Crippen LogP contribution in [0.15, 0.2) is 34.7 Å². The van der Waals surface area contributed by atoms with Gasteiger partial charge in [0.1, 0.15) is 0 Å². The molecule has 110 valence electrons. The number of Topliss-reactive ketones (excluding diaryl/α,β-unsaturated/α-hetero) is 1. The summed E-state index contributed by atoms with van der Waals surface area (Å²) in [5.74, 6) is -0.0104. The fourth-order valence-corrected chi connectivity index (χ4v) is 5.13. The van der Waals surface area contributed by atoms with Crippen LogP contribution >= 0.6 is 11.3 Å². The van der Waals surface area contributed by atoms with Gasteiger partial charge < -0.3 is 0 Å². The molecule has 0 radical (unpaired) electrons. The number of fused-ring (bicyclic) bond motifs is 1. The molecule has 1 aliphatic heterocycles. The molecule has 1 aromatic carbocycles. The number of nitrogens with zero attached hydrogens (tertiary/aromatic N) is 2. The number of hydrogen-bond acceptors (Lipinski definition) is 5. The molecule has 1 aromatic heterocycles. The van der Waals surface area contributed by atoms with Gasteiger partial charge in [-0.3, -0.25) is 9.10 Å². The van der Waals surface area contributed by atoms with Crippen molar-refractivity contribution < 1.29 is 13.2 Å². The van der Waals surface area contributed by atoms with E-state index in [1.54, 1.807) is 31.2 Å². The van der Waals surface area contributed by atoms with Crippen LogP contribution in [0.2, 0.25) is 0 Å². The minimum atomic E-state index is -3.66. The molecule has 0 fully saturated rings. The molecule has 5 nitrogen and oxygen atoms in total. The predicted molar refractivity (Wildman–Crippen MR) is 81.4 cm³/mol. The van der Waals surface area contributed by atoms with E-state index in [9.17, 15) is 13.2 Å². The molecule has 0 N–H and O–H groups in total. The Kier molecular flexibility index (Phi) is 3.54. The summed E-state index contributed by atoms with van der Waals surface area (Å²) >= 11 is 1.14.